The Morgan fingerprint density at radius 2 is 1.93 bits per heavy atom. The first kappa shape index (κ1) is 19.1. The van der Waals surface area contributed by atoms with Gasteiger partial charge in [0.2, 0.25) is 0 Å². The summed E-state index contributed by atoms with van der Waals surface area (Å²) >= 11 is 6.03. The van der Waals surface area contributed by atoms with Gasteiger partial charge in [-0.1, -0.05) is 62.2 Å². The number of hydrogen-bond donors (Lipinski definition) is 0. The molecule has 0 bridgehead atoms. The smallest absolute Gasteiger partial charge is 0.336 e. The van der Waals surface area contributed by atoms with E-state index in [2.05, 4.69) is 23.9 Å². The molecule has 0 amide bonds. The van der Waals surface area contributed by atoms with E-state index in [0.29, 0.717) is 23.0 Å². The lowest BCUT2D eigenvalue weighted by Crippen LogP contribution is -2.15. The fourth-order valence-electron chi connectivity index (χ4n) is 2.62. The molecule has 3 aromatic rings. The number of ether oxygens (including phenoxy) is 1. The molecule has 0 spiro atoms. The first-order valence-electron chi connectivity index (χ1n) is 9.11. The van der Waals surface area contributed by atoms with Crippen molar-refractivity contribution in [2.75, 3.05) is 6.61 Å². The molecule has 3 rings (SSSR count). The second-order valence-electron chi connectivity index (χ2n) is 6.20. The number of halogens is 1. The molecule has 0 aliphatic rings. The van der Waals surface area contributed by atoms with Crippen LogP contribution in [0, 0.1) is 0 Å². The Balaban J connectivity index is 2.00. The van der Waals surface area contributed by atoms with Crippen molar-refractivity contribution in [3.05, 3.63) is 64.7 Å². The van der Waals surface area contributed by atoms with Crippen LogP contribution in [0.4, 0.5) is 0 Å². The van der Waals surface area contributed by atoms with Crippen LogP contribution in [-0.4, -0.2) is 27.3 Å². The van der Waals surface area contributed by atoms with Crippen molar-refractivity contribution in [1.29, 1.82) is 0 Å². The number of carbonyl (C=O) groups excluding carboxylic acids is 1. The van der Waals surface area contributed by atoms with E-state index in [1.807, 2.05) is 24.3 Å². The normalized spacial score (nSPS) is 10.8. The average Bonchev–Trinajstić information content (AvgIpc) is 3.12. The summed E-state index contributed by atoms with van der Waals surface area (Å²) in [4.78, 5) is 17.5. The summed E-state index contributed by atoms with van der Waals surface area (Å²) in [6.45, 7) is 4.69. The third-order valence-corrected chi connectivity index (χ3v) is 4.44. The van der Waals surface area contributed by atoms with E-state index < -0.39 is 0 Å². The molecule has 140 valence electrons. The van der Waals surface area contributed by atoms with Gasteiger partial charge in [0.15, 0.2) is 5.82 Å². The molecule has 1 heterocycles. The van der Waals surface area contributed by atoms with E-state index in [-0.39, 0.29) is 11.9 Å². The van der Waals surface area contributed by atoms with Crippen molar-refractivity contribution >= 4 is 17.5 Å². The predicted molar refractivity (Wildman–Crippen MR) is 106 cm³/mol. The van der Waals surface area contributed by atoms with Crippen LogP contribution in [0.25, 0.3) is 11.4 Å². The molecule has 0 fully saturated rings. The molecule has 0 saturated carbocycles. The fourth-order valence-corrected chi connectivity index (χ4v) is 2.81. The van der Waals surface area contributed by atoms with Gasteiger partial charge in [-0.2, -0.15) is 9.67 Å². The van der Waals surface area contributed by atoms with Crippen LogP contribution in [0.1, 0.15) is 42.6 Å². The number of unbranched alkanes of at least 4 members (excludes halogenated alkanes) is 1. The third kappa shape index (κ3) is 4.55. The maximum atomic E-state index is 13.0. The van der Waals surface area contributed by atoms with Gasteiger partial charge in [0.1, 0.15) is 0 Å². The average molecular weight is 384 g/mol. The summed E-state index contributed by atoms with van der Waals surface area (Å²) in [6.07, 6.45) is 2.85. The number of aryl methyl sites for hydroxylation is 1. The van der Waals surface area contributed by atoms with Gasteiger partial charge >= 0.3 is 6.01 Å². The number of nitrogens with zero attached hydrogens (tertiary/aromatic N) is 3. The molecular formula is C21H22ClN3O2. The Labute approximate surface area is 164 Å². The van der Waals surface area contributed by atoms with E-state index in [0.717, 1.165) is 24.8 Å². The largest absolute Gasteiger partial charge is 0.462 e. The van der Waals surface area contributed by atoms with Crippen LogP contribution in [-0.2, 0) is 6.42 Å². The quantitative estimate of drug-likeness (QED) is 0.537. The summed E-state index contributed by atoms with van der Waals surface area (Å²) in [7, 11) is 0. The van der Waals surface area contributed by atoms with Crippen LogP contribution in [0.15, 0.2) is 48.5 Å². The Morgan fingerprint density at radius 3 is 2.59 bits per heavy atom. The number of aromatic nitrogens is 3. The molecule has 1 aromatic heterocycles. The summed E-state index contributed by atoms with van der Waals surface area (Å²) < 4.78 is 6.91. The molecule has 27 heavy (non-hydrogen) atoms. The van der Waals surface area contributed by atoms with Crippen molar-refractivity contribution in [2.24, 2.45) is 0 Å². The van der Waals surface area contributed by atoms with Gasteiger partial charge in [-0.25, -0.2) is 0 Å². The SMILES string of the molecule is CCCCOc1nc(-c2ccc(CC)cc2)n(C(=O)c2cccc(Cl)c2)n1. The zero-order valence-electron chi connectivity index (χ0n) is 15.5. The molecular weight excluding hydrogens is 362 g/mol. The first-order chi connectivity index (χ1) is 13.1. The summed E-state index contributed by atoms with van der Waals surface area (Å²) in [5.74, 6) is 0.152. The molecule has 0 radical (unpaired) electrons. The van der Waals surface area contributed by atoms with E-state index >= 15 is 0 Å². The molecule has 2 aromatic carbocycles. The van der Waals surface area contributed by atoms with Crippen molar-refractivity contribution in [2.45, 2.75) is 33.1 Å². The molecule has 0 N–H and O–H groups in total. The van der Waals surface area contributed by atoms with Crippen molar-refractivity contribution in [3.8, 4) is 17.4 Å². The third-order valence-electron chi connectivity index (χ3n) is 4.20. The second-order valence-corrected chi connectivity index (χ2v) is 6.63. The minimum atomic E-state index is -0.301. The van der Waals surface area contributed by atoms with Crippen molar-refractivity contribution < 1.29 is 9.53 Å². The van der Waals surface area contributed by atoms with Gasteiger partial charge in [-0.3, -0.25) is 4.79 Å². The van der Waals surface area contributed by atoms with Gasteiger partial charge in [0.25, 0.3) is 5.91 Å². The molecule has 6 heteroatoms. The first-order valence-corrected chi connectivity index (χ1v) is 9.49. The predicted octanol–water partition coefficient (Wildman–Crippen LogP) is 5.03. The number of carbonyl (C=O) groups is 1. The Morgan fingerprint density at radius 1 is 1.15 bits per heavy atom. The maximum absolute atomic E-state index is 13.0. The van der Waals surface area contributed by atoms with Crippen LogP contribution in [0.3, 0.4) is 0 Å². The summed E-state index contributed by atoms with van der Waals surface area (Å²) in [6, 6.07) is 14.9. The molecule has 5 nitrogen and oxygen atoms in total. The molecule has 0 aliphatic carbocycles. The van der Waals surface area contributed by atoms with Crippen LogP contribution >= 0.6 is 11.6 Å². The van der Waals surface area contributed by atoms with E-state index in [1.165, 1.54) is 10.2 Å². The van der Waals surface area contributed by atoms with Crippen LogP contribution in [0.5, 0.6) is 6.01 Å². The van der Waals surface area contributed by atoms with Gasteiger partial charge in [-0.15, -0.1) is 5.10 Å². The lowest BCUT2D eigenvalue weighted by atomic mass is 10.1. The molecule has 0 saturated heterocycles. The Bertz CT molecular complexity index is 919. The lowest BCUT2D eigenvalue weighted by Gasteiger charge is -2.06. The summed E-state index contributed by atoms with van der Waals surface area (Å²) in [5, 5.41) is 4.79. The lowest BCUT2D eigenvalue weighted by molar-refractivity contribution is 0.0944. The van der Waals surface area contributed by atoms with Crippen LogP contribution < -0.4 is 4.74 Å². The van der Waals surface area contributed by atoms with Gasteiger partial charge in [0, 0.05) is 16.1 Å². The monoisotopic (exact) mass is 383 g/mol. The standard InChI is InChI=1S/C21H22ClN3O2/c1-3-5-13-27-21-23-19(16-11-9-15(4-2)10-12-16)25(24-21)20(26)17-7-6-8-18(22)14-17/h6-12,14H,3-5,13H2,1-2H3. The number of benzene rings is 2. The van der Waals surface area contributed by atoms with Crippen molar-refractivity contribution in [3.63, 3.8) is 0 Å². The van der Waals surface area contributed by atoms with Gasteiger partial charge in [0.05, 0.1) is 6.61 Å². The second kappa shape index (κ2) is 8.82. The highest BCUT2D eigenvalue weighted by molar-refractivity contribution is 6.31. The van der Waals surface area contributed by atoms with Gasteiger partial charge < -0.3 is 4.74 Å². The summed E-state index contributed by atoms with van der Waals surface area (Å²) in [5.41, 5.74) is 2.46. The highest BCUT2D eigenvalue weighted by Crippen LogP contribution is 2.23. The minimum absolute atomic E-state index is 0.202. The van der Waals surface area contributed by atoms with Crippen LogP contribution in [0.2, 0.25) is 5.02 Å². The Hall–Kier alpha value is -2.66. The molecule has 0 unspecified atom stereocenters. The fraction of sp³-hybridized carbons (Fsp3) is 0.286. The maximum Gasteiger partial charge on any atom is 0.336 e. The highest BCUT2D eigenvalue weighted by Gasteiger charge is 2.20. The zero-order valence-corrected chi connectivity index (χ0v) is 16.2. The van der Waals surface area contributed by atoms with Gasteiger partial charge in [-0.05, 0) is 36.6 Å². The van der Waals surface area contributed by atoms with E-state index in [4.69, 9.17) is 16.3 Å². The van der Waals surface area contributed by atoms with E-state index in [1.54, 1.807) is 24.3 Å². The van der Waals surface area contributed by atoms with Crippen molar-refractivity contribution in [1.82, 2.24) is 14.8 Å². The molecule has 0 aliphatic heterocycles. The highest BCUT2D eigenvalue weighted by atomic mass is 35.5. The Kier molecular flexibility index (Phi) is 6.24. The topological polar surface area (TPSA) is 57.0 Å². The number of hydrogen-bond acceptors (Lipinski definition) is 4. The zero-order chi connectivity index (χ0) is 19.2. The van der Waals surface area contributed by atoms with E-state index in [9.17, 15) is 4.79 Å². The molecule has 0 atom stereocenters. The minimum Gasteiger partial charge on any atom is -0.462 e. The number of rotatable bonds is 7.